The van der Waals surface area contributed by atoms with Crippen molar-refractivity contribution in [3.8, 4) is 17.4 Å². The van der Waals surface area contributed by atoms with Crippen LogP contribution in [0.3, 0.4) is 0 Å². The molecular formula is C15H9NO. The van der Waals surface area contributed by atoms with Gasteiger partial charge >= 0.3 is 0 Å². The normalized spacial score (nSPS) is 10.3. The first-order valence-corrected chi connectivity index (χ1v) is 5.37. The van der Waals surface area contributed by atoms with E-state index in [1.165, 1.54) is 0 Å². The van der Waals surface area contributed by atoms with Crippen LogP contribution in [-0.2, 0) is 0 Å². The van der Waals surface area contributed by atoms with Crippen molar-refractivity contribution in [2.45, 2.75) is 0 Å². The van der Waals surface area contributed by atoms with Gasteiger partial charge < -0.3 is 4.42 Å². The molecule has 1 aromatic heterocycles. The Kier molecular flexibility index (Phi) is 2.16. The number of nitriles is 1. The van der Waals surface area contributed by atoms with Gasteiger partial charge in [-0.15, -0.1) is 0 Å². The number of para-hydroxylation sites is 1. The smallest absolute Gasteiger partial charge is 0.153 e. The Balaban J connectivity index is 2.35. The first-order chi connectivity index (χ1) is 8.40. The molecule has 0 aliphatic rings. The standard InChI is InChI=1S/C15H9NO/c16-10-13-12-8-4-5-9-14(12)17-15(13)11-6-2-1-3-7-11/h1-9H. The van der Waals surface area contributed by atoms with E-state index < -0.39 is 0 Å². The monoisotopic (exact) mass is 219 g/mol. The van der Waals surface area contributed by atoms with Crippen molar-refractivity contribution in [3.63, 3.8) is 0 Å². The second kappa shape index (κ2) is 3.80. The Morgan fingerprint density at radius 2 is 1.59 bits per heavy atom. The molecule has 2 heteroatoms. The zero-order valence-corrected chi connectivity index (χ0v) is 9.05. The maximum atomic E-state index is 9.26. The fraction of sp³-hybridized carbons (Fsp3) is 0. The molecule has 17 heavy (non-hydrogen) atoms. The van der Waals surface area contributed by atoms with Gasteiger partial charge in [-0.05, 0) is 12.1 Å². The molecule has 80 valence electrons. The summed E-state index contributed by atoms with van der Waals surface area (Å²) < 4.78 is 5.75. The number of benzene rings is 2. The van der Waals surface area contributed by atoms with Crippen LogP contribution in [-0.4, -0.2) is 0 Å². The van der Waals surface area contributed by atoms with Crippen LogP contribution < -0.4 is 0 Å². The molecule has 0 unspecified atom stereocenters. The SMILES string of the molecule is N#Cc1c(-c2ccccc2)oc2ccccc12. The maximum Gasteiger partial charge on any atom is 0.153 e. The van der Waals surface area contributed by atoms with Gasteiger partial charge in [-0.2, -0.15) is 5.26 Å². The van der Waals surface area contributed by atoms with E-state index in [9.17, 15) is 5.26 Å². The van der Waals surface area contributed by atoms with Crippen LogP contribution in [0.1, 0.15) is 5.56 Å². The Hall–Kier alpha value is -2.53. The van der Waals surface area contributed by atoms with Crippen LogP contribution in [0.25, 0.3) is 22.3 Å². The zero-order valence-electron chi connectivity index (χ0n) is 9.05. The molecule has 0 saturated carbocycles. The Labute approximate surface area is 98.7 Å². The van der Waals surface area contributed by atoms with Crippen molar-refractivity contribution >= 4 is 11.0 Å². The van der Waals surface area contributed by atoms with Crippen LogP contribution in [0, 0.1) is 11.3 Å². The molecule has 3 rings (SSSR count). The van der Waals surface area contributed by atoms with Gasteiger partial charge in [0.05, 0.1) is 0 Å². The van der Waals surface area contributed by atoms with Gasteiger partial charge in [0.2, 0.25) is 0 Å². The minimum Gasteiger partial charge on any atom is -0.455 e. The van der Waals surface area contributed by atoms with Crippen molar-refractivity contribution < 1.29 is 4.42 Å². The first kappa shape index (κ1) is 9.68. The Bertz CT molecular complexity index is 705. The molecular weight excluding hydrogens is 210 g/mol. The van der Waals surface area contributed by atoms with Crippen molar-refractivity contribution in [3.05, 3.63) is 60.2 Å². The highest BCUT2D eigenvalue weighted by molar-refractivity contribution is 5.90. The van der Waals surface area contributed by atoms with E-state index in [0.717, 1.165) is 16.5 Å². The van der Waals surface area contributed by atoms with Gasteiger partial charge in [0.15, 0.2) is 5.76 Å². The second-order valence-corrected chi connectivity index (χ2v) is 3.78. The molecule has 0 spiro atoms. The summed E-state index contributed by atoms with van der Waals surface area (Å²) in [7, 11) is 0. The predicted octanol–water partition coefficient (Wildman–Crippen LogP) is 3.97. The van der Waals surface area contributed by atoms with E-state index in [-0.39, 0.29) is 0 Å². The molecule has 3 aromatic rings. The third kappa shape index (κ3) is 1.49. The largest absolute Gasteiger partial charge is 0.455 e. The van der Waals surface area contributed by atoms with Gasteiger partial charge in [0.25, 0.3) is 0 Å². The summed E-state index contributed by atoms with van der Waals surface area (Å²) in [6.07, 6.45) is 0. The van der Waals surface area contributed by atoms with E-state index in [1.807, 2.05) is 54.6 Å². The summed E-state index contributed by atoms with van der Waals surface area (Å²) in [6.45, 7) is 0. The lowest BCUT2D eigenvalue weighted by molar-refractivity contribution is 0.630. The third-order valence-corrected chi connectivity index (χ3v) is 2.74. The van der Waals surface area contributed by atoms with Crippen LogP contribution in [0.4, 0.5) is 0 Å². The highest BCUT2D eigenvalue weighted by Gasteiger charge is 2.14. The van der Waals surface area contributed by atoms with E-state index in [0.29, 0.717) is 11.3 Å². The lowest BCUT2D eigenvalue weighted by Crippen LogP contribution is -1.77. The average molecular weight is 219 g/mol. The lowest BCUT2D eigenvalue weighted by Gasteiger charge is -1.95. The highest BCUT2D eigenvalue weighted by atomic mass is 16.3. The predicted molar refractivity (Wildman–Crippen MR) is 66.4 cm³/mol. The molecule has 0 amide bonds. The third-order valence-electron chi connectivity index (χ3n) is 2.74. The molecule has 2 nitrogen and oxygen atoms in total. The van der Waals surface area contributed by atoms with E-state index in [4.69, 9.17) is 4.42 Å². The minimum absolute atomic E-state index is 0.604. The van der Waals surface area contributed by atoms with Crippen LogP contribution in [0.15, 0.2) is 59.0 Å². The van der Waals surface area contributed by atoms with Gasteiger partial charge in [-0.25, -0.2) is 0 Å². The topological polar surface area (TPSA) is 36.9 Å². The van der Waals surface area contributed by atoms with Crippen molar-refractivity contribution in [1.29, 1.82) is 5.26 Å². The summed E-state index contributed by atoms with van der Waals surface area (Å²) in [4.78, 5) is 0. The molecule has 0 aliphatic heterocycles. The van der Waals surface area contributed by atoms with E-state index >= 15 is 0 Å². The molecule has 1 heterocycles. The van der Waals surface area contributed by atoms with Gasteiger partial charge in [-0.1, -0.05) is 42.5 Å². The quantitative estimate of drug-likeness (QED) is 0.620. The van der Waals surface area contributed by atoms with Gasteiger partial charge in [-0.3, -0.25) is 0 Å². The molecule has 0 fully saturated rings. The Morgan fingerprint density at radius 1 is 0.882 bits per heavy atom. The number of nitrogens with zero attached hydrogens (tertiary/aromatic N) is 1. The van der Waals surface area contributed by atoms with Crippen LogP contribution in [0.5, 0.6) is 0 Å². The van der Waals surface area contributed by atoms with Crippen molar-refractivity contribution in [2.75, 3.05) is 0 Å². The molecule has 0 saturated heterocycles. The molecule has 0 aliphatic carbocycles. The summed E-state index contributed by atoms with van der Waals surface area (Å²) in [6, 6.07) is 19.5. The molecule has 0 atom stereocenters. The summed E-state index contributed by atoms with van der Waals surface area (Å²) >= 11 is 0. The summed E-state index contributed by atoms with van der Waals surface area (Å²) in [5, 5.41) is 10.1. The fourth-order valence-corrected chi connectivity index (χ4v) is 1.95. The second-order valence-electron chi connectivity index (χ2n) is 3.78. The molecule has 0 N–H and O–H groups in total. The molecule has 0 radical (unpaired) electrons. The molecule has 0 bridgehead atoms. The Morgan fingerprint density at radius 3 is 2.35 bits per heavy atom. The maximum absolute atomic E-state index is 9.26. The minimum atomic E-state index is 0.604. The molecule has 2 aromatic carbocycles. The number of hydrogen-bond acceptors (Lipinski definition) is 2. The first-order valence-electron chi connectivity index (χ1n) is 5.37. The fourth-order valence-electron chi connectivity index (χ4n) is 1.95. The van der Waals surface area contributed by atoms with E-state index in [1.54, 1.807) is 0 Å². The summed E-state index contributed by atoms with van der Waals surface area (Å²) in [5.41, 5.74) is 2.29. The number of rotatable bonds is 1. The zero-order chi connectivity index (χ0) is 11.7. The van der Waals surface area contributed by atoms with E-state index in [2.05, 4.69) is 6.07 Å². The summed E-state index contributed by atoms with van der Waals surface area (Å²) in [5.74, 6) is 0.648. The number of hydrogen-bond donors (Lipinski definition) is 0. The highest BCUT2D eigenvalue weighted by Crippen LogP contribution is 2.32. The van der Waals surface area contributed by atoms with Crippen molar-refractivity contribution in [1.82, 2.24) is 0 Å². The number of furan rings is 1. The average Bonchev–Trinajstić information content (AvgIpc) is 2.78. The van der Waals surface area contributed by atoms with Gasteiger partial charge in [0, 0.05) is 10.9 Å². The van der Waals surface area contributed by atoms with Crippen molar-refractivity contribution in [2.24, 2.45) is 0 Å². The van der Waals surface area contributed by atoms with Gasteiger partial charge in [0.1, 0.15) is 17.2 Å². The number of fused-ring (bicyclic) bond motifs is 1. The lowest BCUT2D eigenvalue weighted by atomic mass is 10.1. The van der Waals surface area contributed by atoms with Crippen LogP contribution in [0.2, 0.25) is 0 Å². The van der Waals surface area contributed by atoms with Crippen LogP contribution >= 0.6 is 0 Å².